The van der Waals surface area contributed by atoms with Gasteiger partial charge >= 0.3 is 0 Å². The van der Waals surface area contributed by atoms with Crippen molar-refractivity contribution in [1.82, 2.24) is 4.98 Å². The molecular formula is C7H5N3S2. The maximum absolute atomic E-state index is 8.45. The Bertz CT molecular complexity index is 417. The van der Waals surface area contributed by atoms with Gasteiger partial charge in [-0.2, -0.15) is 5.26 Å². The van der Waals surface area contributed by atoms with Gasteiger partial charge in [-0.25, -0.2) is 4.98 Å². The van der Waals surface area contributed by atoms with E-state index in [0.717, 1.165) is 14.4 Å². The predicted molar refractivity (Wildman–Crippen MR) is 51.2 cm³/mol. The molecule has 0 saturated heterocycles. The molecule has 0 aliphatic carbocycles. The highest BCUT2D eigenvalue weighted by molar-refractivity contribution is 7.28. The van der Waals surface area contributed by atoms with E-state index >= 15 is 0 Å². The minimum atomic E-state index is 0.466. The molecule has 0 aromatic carbocycles. The molecule has 0 aliphatic heterocycles. The van der Waals surface area contributed by atoms with E-state index in [0.29, 0.717) is 11.6 Å². The summed E-state index contributed by atoms with van der Waals surface area (Å²) in [5.41, 5.74) is 5.51. The number of thiazole rings is 1. The van der Waals surface area contributed by atoms with Crippen LogP contribution in [0.5, 0.6) is 0 Å². The number of nitrogen functional groups attached to an aromatic ring is 1. The fourth-order valence-corrected chi connectivity index (χ4v) is 2.91. The Morgan fingerprint density at radius 1 is 1.58 bits per heavy atom. The molecule has 5 heteroatoms. The molecule has 0 unspecified atom stereocenters. The summed E-state index contributed by atoms with van der Waals surface area (Å²) >= 11 is 3.01. The van der Waals surface area contributed by atoms with E-state index < -0.39 is 0 Å². The zero-order valence-electron chi connectivity index (χ0n) is 6.07. The van der Waals surface area contributed by atoms with E-state index in [4.69, 9.17) is 11.0 Å². The number of nitriles is 1. The van der Waals surface area contributed by atoms with Crippen molar-refractivity contribution in [2.45, 2.75) is 6.42 Å². The van der Waals surface area contributed by atoms with Crippen LogP contribution in [0.3, 0.4) is 0 Å². The molecule has 0 fully saturated rings. The number of nitrogens with two attached hydrogens (primary N) is 1. The zero-order chi connectivity index (χ0) is 8.55. The number of rotatable bonds is 1. The van der Waals surface area contributed by atoms with Gasteiger partial charge in [0.1, 0.15) is 4.83 Å². The molecule has 0 spiro atoms. The summed E-state index contributed by atoms with van der Waals surface area (Å²) in [6.45, 7) is 0. The van der Waals surface area contributed by atoms with Gasteiger partial charge in [-0.3, -0.25) is 0 Å². The first-order valence-corrected chi connectivity index (χ1v) is 4.94. The van der Waals surface area contributed by atoms with Crippen LogP contribution in [-0.4, -0.2) is 4.98 Å². The zero-order valence-corrected chi connectivity index (χ0v) is 7.71. The Balaban J connectivity index is 2.51. The highest BCUT2D eigenvalue weighted by atomic mass is 32.1. The monoisotopic (exact) mass is 195 g/mol. The summed E-state index contributed by atoms with van der Waals surface area (Å²) in [4.78, 5) is 6.13. The molecule has 3 nitrogen and oxygen atoms in total. The summed E-state index contributed by atoms with van der Waals surface area (Å²) < 4.78 is 1.09. The summed E-state index contributed by atoms with van der Waals surface area (Å²) in [6, 6.07) is 4.09. The number of nitrogens with zero attached hydrogens (tertiary/aromatic N) is 2. The molecule has 0 bridgehead atoms. The van der Waals surface area contributed by atoms with Gasteiger partial charge in [-0.15, -0.1) is 11.3 Å². The quantitative estimate of drug-likeness (QED) is 0.757. The van der Waals surface area contributed by atoms with Gasteiger partial charge in [-0.1, -0.05) is 11.3 Å². The highest BCUT2D eigenvalue weighted by Crippen LogP contribution is 2.31. The van der Waals surface area contributed by atoms with E-state index in [1.807, 2.05) is 6.07 Å². The normalized spacial score (nSPS) is 10.2. The van der Waals surface area contributed by atoms with Gasteiger partial charge in [0.2, 0.25) is 0 Å². The second-order valence-corrected chi connectivity index (χ2v) is 4.45. The third-order valence-electron chi connectivity index (χ3n) is 1.41. The van der Waals surface area contributed by atoms with E-state index in [1.165, 1.54) is 22.7 Å². The third-order valence-corrected chi connectivity index (χ3v) is 3.40. The summed E-state index contributed by atoms with van der Waals surface area (Å²) in [7, 11) is 0. The lowest BCUT2D eigenvalue weighted by molar-refractivity contribution is 1.32. The van der Waals surface area contributed by atoms with Gasteiger partial charge in [0.15, 0.2) is 5.13 Å². The van der Waals surface area contributed by atoms with Crippen LogP contribution in [0.4, 0.5) is 5.13 Å². The highest BCUT2D eigenvalue weighted by Gasteiger charge is 2.05. The van der Waals surface area contributed by atoms with Crippen LogP contribution < -0.4 is 5.73 Å². The lowest BCUT2D eigenvalue weighted by Crippen LogP contribution is -1.78. The fourth-order valence-electron chi connectivity index (χ4n) is 0.964. The number of fused-ring (bicyclic) bond motifs is 1. The molecule has 2 heterocycles. The van der Waals surface area contributed by atoms with Crippen LogP contribution in [0, 0.1) is 11.3 Å². The number of thiophene rings is 1. The predicted octanol–water partition coefficient (Wildman–Crippen LogP) is 2.01. The minimum absolute atomic E-state index is 0.466. The Kier molecular flexibility index (Phi) is 1.71. The van der Waals surface area contributed by atoms with Crippen molar-refractivity contribution in [3.05, 3.63) is 10.9 Å². The first kappa shape index (κ1) is 7.53. The first-order chi connectivity index (χ1) is 5.79. The number of aromatic nitrogens is 1. The maximum Gasteiger partial charge on any atom is 0.181 e. The average molecular weight is 195 g/mol. The van der Waals surface area contributed by atoms with Crippen LogP contribution in [0.1, 0.15) is 4.88 Å². The molecule has 12 heavy (non-hydrogen) atoms. The Morgan fingerprint density at radius 3 is 3.08 bits per heavy atom. The van der Waals surface area contributed by atoms with Crippen molar-refractivity contribution in [1.29, 1.82) is 5.26 Å². The molecule has 2 rings (SSSR count). The van der Waals surface area contributed by atoms with Crippen molar-refractivity contribution in [3.63, 3.8) is 0 Å². The van der Waals surface area contributed by atoms with Crippen molar-refractivity contribution in [3.8, 4) is 6.07 Å². The minimum Gasteiger partial charge on any atom is -0.375 e. The van der Waals surface area contributed by atoms with Gasteiger partial charge < -0.3 is 5.73 Å². The van der Waals surface area contributed by atoms with E-state index in [-0.39, 0.29) is 0 Å². The molecule has 0 saturated carbocycles. The fraction of sp³-hybridized carbons (Fsp3) is 0.143. The molecule has 2 N–H and O–H groups in total. The van der Waals surface area contributed by atoms with Crippen molar-refractivity contribution >= 4 is 37.3 Å². The van der Waals surface area contributed by atoms with Crippen molar-refractivity contribution in [2.75, 3.05) is 5.73 Å². The second kappa shape index (κ2) is 2.73. The molecule has 0 radical (unpaired) electrons. The Labute approximate surface area is 77.1 Å². The van der Waals surface area contributed by atoms with Gasteiger partial charge in [0.05, 0.1) is 17.2 Å². The lowest BCUT2D eigenvalue weighted by atomic mass is 10.4. The topological polar surface area (TPSA) is 62.7 Å². The van der Waals surface area contributed by atoms with Crippen LogP contribution in [0.2, 0.25) is 0 Å². The molecular weight excluding hydrogens is 190 g/mol. The standard InChI is InChI=1S/C7H5N3S2/c8-2-1-4-3-5-6(11-4)10-7(9)12-5/h3H,1H2,(H2,9,10). The lowest BCUT2D eigenvalue weighted by Gasteiger charge is -1.79. The Hall–Kier alpha value is -1.12. The maximum atomic E-state index is 8.45. The molecule has 60 valence electrons. The summed E-state index contributed by atoms with van der Waals surface area (Å²) in [5.74, 6) is 0. The molecule has 0 atom stereocenters. The van der Waals surface area contributed by atoms with Crippen LogP contribution in [0.15, 0.2) is 6.07 Å². The Morgan fingerprint density at radius 2 is 2.42 bits per heavy atom. The van der Waals surface area contributed by atoms with Crippen LogP contribution in [-0.2, 0) is 6.42 Å². The van der Waals surface area contributed by atoms with E-state index in [1.54, 1.807) is 0 Å². The smallest absolute Gasteiger partial charge is 0.181 e. The summed E-state index contributed by atoms with van der Waals surface area (Å²) in [6.07, 6.45) is 0.466. The van der Waals surface area contributed by atoms with Crippen molar-refractivity contribution < 1.29 is 0 Å². The molecule has 2 aromatic heterocycles. The van der Waals surface area contributed by atoms with Crippen molar-refractivity contribution in [2.24, 2.45) is 0 Å². The number of hydrogen-bond donors (Lipinski definition) is 1. The van der Waals surface area contributed by atoms with E-state index in [9.17, 15) is 0 Å². The third kappa shape index (κ3) is 1.15. The first-order valence-electron chi connectivity index (χ1n) is 3.31. The largest absolute Gasteiger partial charge is 0.375 e. The summed E-state index contributed by atoms with van der Waals surface area (Å²) in [5, 5.41) is 9.05. The molecule has 0 amide bonds. The van der Waals surface area contributed by atoms with Gasteiger partial charge in [-0.05, 0) is 6.07 Å². The molecule has 2 aromatic rings. The number of anilines is 1. The van der Waals surface area contributed by atoms with E-state index in [2.05, 4.69) is 11.1 Å². The second-order valence-electron chi connectivity index (χ2n) is 2.27. The van der Waals surface area contributed by atoms with Gasteiger partial charge in [0, 0.05) is 4.88 Å². The van der Waals surface area contributed by atoms with Crippen LogP contribution >= 0.6 is 22.7 Å². The average Bonchev–Trinajstić information content (AvgIpc) is 2.44. The van der Waals surface area contributed by atoms with Crippen LogP contribution in [0.25, 0.3) is 9.53 Å². The SMILES string of the molecule is N#CCc1cc2sc(N)nc2s1. The van der Waals surface area contributed by atoms with Gasteiger partial charge in [0.25, 0.3) is 0 Å². The molecule has 0 aliphatic rings. The number of hydrogen-bond acceptors (Lipinski definition) is 5.